The van der Waals surface area contributed by atoms with Gasteiger partial charge >= 0.3 is 0 Å². The van der Waals surface area contributed by atoms with E-state index in [0.717, 1.165) is 0 Å². The zero-order valence-electron chi connectivity index (χ0n) is 23.5. The van der Waals surface area contributed by atoms with Gasteiger partial charge in [0.25, 0.3) is 0 Å². The van der Waals surface area contributed by atoms with E-state index in [1.807, 2.05) is 11.8 Å². The smallest absolute Gasteiger partial charge is 0.154 e. The molecular formula is C39H28NS2+. The molecule has 0 radical (unpaired) electrons. The first-order chi connectivity index (χ1) is 20.7. The van der Waals surface area contributed by atoms with E-state index in [9.17, 15) is 0 Å². The first-order valence-corrected chi connectivity index (χ1v) is 17.2. The minimum atomic E-state index is -0.438. The molecule has 42 heavy (non-hydrogen) atoms. The lowest BCUT2D eigenvalue weighted by atomic mass is 9.62. The lowest BCUT2D eigenvalue weighted by Crippen LogP contribution is -2.37. The van der Waals surface area contributed by atoms with Gasteiger partial charge in [0.2, 0.25) is 0 Å². The van der Waals surface area contributed by atoms with Crippen molar-refractivity contribution in [2.75, 3.05) is 12.5 Å². The topological polar surface area (TPSA) is 4.93 Å². The van der Waals surface area contributed by atoms with Gasteiger partial charge in [0, 0.05) is 31.5 Å². The molecule has 3 heteroatoms. The molecule has 2 aliphatic rings. The Hall–Kier alpha value is -4.18. The molecule has 9 rings (SSSR count). The predicted octanol–water partition coefficient (Wildman–Crippen LogP) is 9.85. The quantitative estimate of drug-likeness (QED) is 0.186. The van der Waals surface area contributed by atoms with E-state index >= 15 is 0 Å². The second-order valence-corrected chi connectivity index (χ2v) is 14.6. The van der Waals surface area contributed by atoms with Gasteiger partial charge in [-0.05, 0) is 75.8 Å². The molecule has 200 valence electrons. The van der Waals surface area contributed by atoms with Crippen molar-refractivity contribution < 1.29 is 0 Å². The minimum Gasteiger partial charge on any atom is -0.309 e. The van der Waals surface area contributed by atoms with Crippen LogP contribution in [0.25, 0.3) is 38.6 Å². The Bertz CT molecular complexity index is 2210. The first kappa shape index (κ1) is 24.4. The molecule has 3 heterocycles. The zero-order chi connectivity index (χ0) is 28.0. The van der Waals surface area contributed by atoms with Crippen LogP contribution in [0.2, 0.25) is 0 Å². The monoisotopic (exact) mass is 574 g/mol. The van der Waals surface area contributed by atoms with Crippen LogP contribution in [-0.4, -0.2) is 17.1 Å². The van der Waals surface area contributed by atoms with Crippen LogP contribution in [0, 0.1) is 0 Å². The standard InChI is InChI=1S/C39H28NS2/c1-42(2)26-23-21-25(22-24-26)27-12-9-17-33-38(27)41-36-20-8-5-15-31(36)39(33)30-14-4-7-19-35(30)40-34-18-6-3-11-28(34)29-13-10-16-32(39)37(29)40/h3-24H,1-2H3/q+1. The average Bonchev–Trinajstić information content (AvgIpc) is 3.38. The highest BCUT2D eigenvalue weighted by Gasteiger charge is 2.49. The fourth-order valence-electron chi connectivity index (χ4n) is 7.48. The Balaban J connectivity index is 1.46. The van der Waals surface area contributed by atoms with Gasteiger partial charge < -0.3 is 4.57 Å². The molecule has 6 aromatic carbocycles. The summed E-state index contributed by atoms with van der Waals surface area (Å²) in [6, 6.07) is 50.2. The van der Waals surface area contributed by atoms with E-state index in [-0.39, 0.29) is 10.9 Å². The number of fused-ring (bicyclic) bond motifs is 11. The molecule has 1 unspecified atom stereocenters. The molecule has 1 aromatic heterocycles. The van der Waals surface area contributed by atoms with Crippen molar-refractivity contribution in [3.63, 3.8) is 0 Å². The Labute approximate surface area is 253 Å². The number of para-hydroxylation sites is 3. The van der Waals surface area contributed by atoms with Crippen LogP contribution < -0.4 is 0 Å². The first-order valence-electron chi connectivity index (χ1n) is 14.4. The largest absolute Gasteiger partial charge is 0.309 e. The van der Waals surface area contributed by atoms with Crippen LogP contribution in [0.4, 0.5) is 0 Å². The van der Waals surface area contributed by atoms with Crippen molar-refractivity contribution in [3.05, 3.63) is 156 Å². The number of hydrogen-bond donors (Lipinski definition) is 0. The van der Waals surface area contributed by atoms with Gasteiger partial charge in [-0.15, -0.1) is 0 Å². The molecule has 0 fully saturated rings. The van der Waals surface area contributed by atoms with Crippen molar-refractivity contribution in [2.24, 2.45) is 0 Å². The molecule has 1 atom stereocenters. The van der Waals surface area contributed by atoms with E-state index in [1.54, 1.807) is 0 Å². The number of rotatable bonds is 2. The van der Waals surface area contributed by atoms with Gasteiger partial charge in [0.1, 0.15) is 12.5 Å². The third-order valence-electron chi connectivity index (χ3n) is 9.21. The third-order valence-corrected chi connectivity index (χ3v) is 11.6. The molecule has 1 nitrogen and oxygen atoms in total. The summed E-state index contributed by atoms with van der Waals surface area (Å²) in [7, 11) is 0.239. The maximum absolute atomic E-state index is 2.51. The summed E-state index contributed by atoms with van der Waals surface area (Å²) < 4.78 is 2.51. The van der Waals surface area contributed by atoms with Crippen LogP contribution in [0.5, 0.6) is 0 Å². The zero-order valence-corrected chi connectivity index (χ0v) is 25.1. The molecule has 0 bridgehead atoms. The van der Waals surface area contributed by atoms with Gasteiger partial charge in [-0.2, -0.15) is 0 Å². The van der Waals surface area contributed by atoms with Crippen LogP contribution in [-0.2, 0) is 16.3 Å². The normalized spacial score (nSPS) is 16.5. The van der Waals surface area contributed by atoms with E-state index in [2.05, 4.69) is 151 Å². The summed E-state index contributed by atoms with van der Waals surface area (Å²) in [4.78, 5) is 4.08. The van der Waals surface area contributed by atoms with Gasteiger partial charge in [-0.3, -0.25) is 0 Å². The average molecular weight is 575 g/mol. The molecule has 0 amide bonds. The van der Waals surface area contributed by atoms with Crippen molar-refractivity contribution in [1.29, 1.82) is 0 Å². The van der Waals surface area contributed by atoms with E-state index in [0.29, 0.717) is 0 Å². The maximum Gasteiger partial charge on any atom is 0.154 e. The van der Waals surface area contributed by atoms with Crippen molar-refractivity contribution in [1.82, 2.24) is 4.57 Å². The van der Waals surface area contributed by atoms with Gasteiger partial charge in [-0.1, -0.05) is 103 Å². The number of benzene rings is 6. The molecule has 1 spiro atoms. The molecule has 0 aliphatic carbocycles. The summed E-state index contributed by atoms with van der Waals surface area (Å²) in [6.07, 6.45) is 4.58. The highest BCUT2D eigenvalue weighted by atomic mass is 32.2. The number of hydrogen-bond acceptors (Lipinski definition) is 1. The van der Waals surface area contributed by atoms with Crippen molar-refractivity contribution >= 4 is 44.5 Å². The van der Waals surface area contributed by atoms with Crippen LogP contribution in [0.3, 0.4) is 0 Å². The fraction of sp³-hybridized carbons (Fsp3) is 0.0769. The highest BCUT2D eigenvalue weighted by molar-refractivity contribution is 7.99. The molecule has 0 saturated heterocycles. The highest BCUT2D eigenvalue weighted by Crippen LogP contribution is 2.61. The Kier molecular flexibility index (Phi) is 5.18. The van der Waals surface area contributed by atoms with Crippen LogP contribution >= 0.6 is 11.8 Å². The molecule has 7 aromatic rings. The maximum atomic E-state index is 2.51. The number of aromatic nitrogens is 1. The van der Waals surface area contributed by atoms with E-state index in [4.69, 9.17) is 0 Å². The van der Waals surface area contributed by atoms with Crippen molar-refractivity contribution in [3.8, 4) is 16.8 Å². The summed E-state index contributed by atoms with van der Waals surface area (Å²) in [5.74, 6) is 0. The molecule has 0 saturated carbocycles. The van der Waals surface area contributed by atoms with Crippen molar-refractivity contribution in [2.45, 2.75) is 20.1 Å². The Morgan fingerprint density at radius 2 is 1.24 bits per heavy atom. The lowest BCUT2D eigenvalue weighted by molar-refractivity contribution is 0.690. The van der Waals surface area contributed by atoms with Gasteiger partial charge in [0.05, 0.1) is 22.1 Å². The second kappa shape index (κ2) is 8.91. The third kappa shape index (κ3) is 3.08. The Morgan fingerprint density at radius 1 is 0.571 bits per heavy atom. The predicted molar refractivity (Wildman–Crippen MR) is 180 cm³/mol. The minimum absolute atomic E-state index is 0.239. The molecular weight excluding hydrogens is 547 g/mol. The number of nitrogens with zero attached hydrogens (tertiary/aromatic N) is 1. The summed E-state index contributed by atoms with van der Waals surface area (Å²) in [5, 5.41) is 2.62. The summed E-state index contributed by atoms with van der Waals surface area (Å²) in [6.45, 7) is 0. The fourth-order valence-corrected chi connectivity index (χ4v) is 9.48. The Morgan fingerprint density at radius 3 is 2.10 bits per heavy atom. The van der Waals surface area contributed by atoms with E-state index in [1.165, 1.54) is 75.6 Å². The van der Waals surface area contributed by atoms with E-state index < -0.39 is 5.41 Å². The lowest BCUT2D eigenvalue weighted by Gasteiger charge is -2.45. The van der Waals surface area contributed by atoms with Crippen LogP contribution in [0.15, 0.2) is 148 Å². The van der Waals surface area contributed by atoms with Gasteiger partial charge in [0.15, 0.2) is 4.90 Å². The molecule has 2 aliphatic heterocycles. The second-order valence-electron chi connectivity index (χ2n) is 11.4. The van der Waals surface area contributed by atoms with Gasteiger partial charge in [-0.25, -0.2) is 0 Å². The SMILES string of the molecule is C[S+](C)c1ccc(-c2cccc3c2Sc2ccccc2C32c3ccccc3-n3c4ccccc4c4cccc2c43)cc1. The summed E-state index contributed by atoms with van der Waals surface area (Å²) in [5.41, 5.74) is 11.4. The summed E-state index contributed by atoms with van der Waals surface area (Å²) >= 11 is 1.93. The van der Waals surface area contributed by atoms with Crippen LogP contribution in [0.1, 0.15) is 22.3 Å². The molecule has 0 N–H and O–H groups in total.